The van der Waals surface area contributed by atoms with Crippen LogP contribution in [0, 0.1) is 0 Å². The predicted octanol–water partition coefficient (Wildman–Crippen LogP) is 6.08. The number of amides is 2. The summed E-state index contributed by atoms with van der Waals surface area (Å²) >= 11 is 6.21. The first kappa shape index (κ1) is 23.9. The number of carbonyl (C=O) groups is 2. The predicted molar refractivity (Wildman–Crippen MR) is 134 cm³/mol. The second-order valence-electron chi connectivity index (χ2n) is 7.55. The minimum Gasteiger partial charge on any atom is -0.493 e. The van der Waals surface area contributed by atoms with Gasteiger partial charge in [0, 0.05) is 35.0 Å². The Balaban J connectivity index is 1.55. The van der Waals surface area contributed by atoms with Crippen LogP contribution < -0.4 is 24.8 Å². The van der Waals surface area contributed by atoms with Crippen LogP contribution in [0.15, 0.2) is 84.9 Å². The summed E-state index contributed by atoms with van der Waals surface area (Å²) in [5.74, 6) is 0.615. The van der Waals surface area contributed by atoms with Crippen molar-refractivity contribution in [3.05, 3.63) is 101 Å². The number of nitrogens with one attached hydrogen (secondary N) is 2. The molecule has 7 nitrogen and oxygen atoms in total. The van der Waals surface area contributed by atoms with Crippen LogP contribution in [0.3, 0.4) is 0 Å². The summed E-state index contributed by atoms with van der Waals surface area (Å²) < 4.78 is 16.6. The van der Waals surface area contributed by atoms with Crippen LogP contribution in [-0.2, 0) is 13.1 Å². The van der Waals surface area contributed by atoms with Gasteiger partial charge in [-0.3, -0.25) is 0 Å². The molecule has 0 saturated carbocycles. The van der Waals surface area contributed by atoms with Crippen LogP contribution in [-0.4, -0.2) is 19.3 Å². The van der Waals surface area contributed by atoms with Gasteiger partial charge in [-0.15, -0.1) is 0 Å². The molecule has 0 aromatic heterocycles. The highest BCUT2D eigenvalue weighted by atomic mass is 35.5. The molecular weight excluding hydrogens is 468 g/mol. The van der Waals surface area contributed by atoms with E-state index in [2.05, 4.69) is 10.6 Å². The van der Waals surface area contributed by atoms with Crippen LogP contribution in [0.1, 0.15) is 11.1 Å². The second-order valence-corrected chi connectivity index (χ2v) is 7.99. The molecule has 0 unspecified atom stereocenters. The van der Waals surface area contributed by atoms with E-state index < -0.39 is 12.2 Å². The number of benzene rings is 4. The number of methoxy groups -OCH3 is 1. The van der Waals surface area contributed by atoms with Gasteiger partial charge in [-0.2, -0.15) is 0 Å². The molecule has 4 rings (SSSR count). The summed E-state index contributed by atoms with van der Waals surface area (Å²) in [5, 5.41) is 6.84. The van der Waals surface area contributed by atoms with E-state index in [4.69, 9.17) is 25.8 Å². The van der Waals surface area contributed by atoms with Gasteiger partial charge in [-0.05, 0) is 29.3 Å². The van der Waals surface area contributed by atoms with E-state index in [-0.39, 0.29) is 17.2 Å². The molecule has 35 heavy (non-hydrogen) atoms. The van der Waals surface area contributed by atoms with E-state index >= 15 is 0 Å². The Bertz CT molecular complexity index is 1330. The van der Waals surface area contributed by atoms with E-state index in [0.717, 1.165) is 11.1 Å². The number of carbonyl (C=O) groups excluding carboxylic acids is 2. The molecule has 0 heterocycles. The summed E-state index contributed by atoms with van der Waals surface area (Å²) in [5.41, 5.74) is 1.86. The molecular formula is C27H23ClN2O5. The van der Waals surface area contributed by atoms with Crippen LogP contribution in [0.4, 0.5) is 9.59 Å². The highest BCUT2D eigenvalue weighted by molar-refractivity contribution is 6.31. The summed E-state index contributed by atoms with van der Waals surface area (Å²) in [4.78, 5) is 25.0. The molecule has 0 saturated heterocycles. The van der Waals surface area contributed by atoms with Gasteiger partial charge in [0.05, 0.1) is 7.11 Å². The average Bonchev–Trinajstić information content (AvgIpc) is 2.88. The number of halogens is 1. The van der Waals surface area contributed by atoms with Gasteiger partial charge >= 0.3 is 12.2 Å². The molecule has 0 radical (unpaired) electrons. The van der Waals surface area contributed by atoms with Crippen LogP contribution in [0.25, 0.3) is 10.8 Å². The Hall–Kier alpha value is -4.23. The third-order valence-electron chi connectivity index (χ3n) is 5.15. The number of fused-ring (bicyclic) bond motifs is 1. The van der Waals surface area contributed by atoms with Gasteiger partial charge in [0.15, 0.2) is 11.5 Å². The molecule has 4 aromatic rings. The summed E-state index contributed by atoms with van der Waals surface area (Å²) in [6.45, 7) is 0.604. The summed E-state index contributed by atoms with van der Waals surface area (Å²) in [6, 6.07) is 25.4. The molecule has 0 aliphatic carbocycles. The van der Waals surface area contributed by atoms with E-state index in [1.807, 2.05) is 60.7 Å². The van der Waals surface area contributed by atoms with Crippen molar-refractivity contribution in [1.29, 1.82) is 0 Å². The monoisotopic (exact) mass is 490 g/mol. The first-order chi connectivity index (χ1) is 17.0. The van der Waals surface area contributed by atoms with E-state index in [0.29, 0.717) is 28.9 Å². The maximum atomic E-state index is 12.5. The van der Waals surface area contributed by atoms with Crippen molar-refractivity contribution < 1.29 is 23.8 Å². The third kappa shape index (κ3) is 6.22. The zero-order valence-corrected chi connectivity index (χ0v) is 19.7. The minimum atomic E-state index is -0.655. The van der Waals surface area contributed by atoms with Crippen molar-refractivity contribution in [1.82, 2.24) is 10.6 Å². The zero-order valence-electron chi connectivity index (χ0n) is 18.9. The van der Waals surface area contributed by atoms with Gasteiger partial charge in [0.2, 0.25) is 0 Å². The van der Waals surface area contributed by atoms with Crippen molar-refractivity contribution in [3.63, 3.8) is 0 Å². The molecule has 0 aliphatic rings. The molecule has 0 bridgehead atoms. The highest BCUT2D eigenvalue weighted by Gasteiger charge is 2.20. The lowest BCUT2D eigenvalue weighted by Gasteiger charge is -2.16. The topological polar surface area (TPSA) is 85.9 Å². The molecule has 2 amide bonds. The third-order valence-corrected chi connectivity index (χ3v) is 5.39. The SMILES string of the molecule is COc1cc(OC(=O)NCc2ccccc2)c2cc(Cl)ccc2c1OC(=O)NCc1ccccc1. The van der Waals surface area contributed by atoms with Gasteiger partial charge in [0.25, 0.3) is 0 Å². The highest BCUT2D eigenvalue weighted by Crippen LogP contribution is 2.42. The van der Waals surface area contributed by atoms with Crippen LogP contribution >= 0.6 is 11.6 Å². The van der Waals surface area contributed by atoms with Gasteiger partial charge in [-0.1, -0.05) is 72.3 Å². The Labute approximate surface area is 207 Å². The number of ether oxygens (including phenoxy) is 3. The Morgan fingerprint density at radius 1 is 0.714 bits per heavy atom. The van der Waals surface area contributed by atoms with E-state index in [1.165, 1.54) is 13.2 Å². The second kappa shape index (κ2) is 11.3. The summed E-state index contributed by atoms with van der Waals surface area (Å²) in [7, 11) is 1.44. The first-order valence-electron chi connectivity index (χ1n) is 10.8. The summed E-state index contributed by atoms with van der Waals surface area (Å²) in [6.07, 6.45) is -1.30. The maximum Gasteiger partial charge on any atom is 0.413 e. The smallest absolute Gasteiger partial charge is 0.413 e. The van der Waals surface area contributed by atoms with Crippen molar-refractivity contribution in [3.8, 4) is 17.2 Å². The molecule has 4 aromatic carbocycles. The fourth-order valence-corrected chi connectivity index (χ4v) is 3.63. The Morgan fingerprint density at radius 2 is 1.29 bits per heavy atom. The van der Waals surface area contributed by atoms with Gasteiger partial charge in [-0.25, -0.2) is 9.59 Å². The van der Waals surface area contributed by atoms with Crippen molar-refractivity contribution >= 4 is 34.6 Å². The average molecular weight is 491 g/mol. The fourth-order valence-electron chi connectivity index (χ4n) is 3.46. The minimum absolute atomic E-state index is 0.182. The lowest BCUT2D eigenvalue weighted by atomic mass is 10.1. The van der Waals surface area contributed by atoms with Crippen molar-refractivity contribution in [2.24, 2.45) is 0 Å². The normalized spacial score (nSPS) is 10.5. The molecule has 0 atom stereocenters. The Morgan fingerprint density at radius 3 is 1.86 bits per heavy atom. The Kier molecular flexibility index (Phi) is 7.70. The lowest BCUT2D eigenvalue weighted by molar-refractivity contribution is 0.196. The molecule has 2 N–H and O–H groups in total. The van der Waals surface area contributed by atoms with E-state index in [1.54, 1.807) is 18.2 Å². The molecule has 8 heteroatoms. The van der Waals surface area contributed by atoms with Crippen molar-refractivity contribution in [2.75, 3.05) is 7.11 Å². The quantitative estimate of drug-likeness (QED) is 0.328. The number of rotatable bonds is 7. The zero-order chi connectivity index (χ0) is 24.6. The largest absolute Gasteiger partial charge is 0.493 e. The van der Waals surface area contributed by atoms with Crippen molar-refractivity contribution in [2.45, 2.75) is 13.1 Å². The standard InChI is InChI=1S/C27H23ClN2O5/c1-33-24-15-23(34-26(31)29-16-18-8-4-2-5-9-18)22-14-20(28)12-13-21(22)25(24)35-27(32)30-17-19-10-6-3-7-11-19/h2-15H,16-17H2,1H3,(H,29,31)(H,30,32). The number of hydrogen-bond donors (Lipinski definition) is 2. The van der Waals surface area contributed by atoms with Crippen LogP contribution in [0.5, 0.6) is 17.2 Å². The molecule has 178 valence electrons. The molecule has 0 spiro atoms. The fraction of sp³-hybridized carbons (Fsp3) is 0.111. The van der Waals surface area contributed by atoms with Crippen LogP contribution in [0.2, 0.25) is 5.02 Å². The van der Waals surface area contributed by atoms with Gasteiger partial charge < -0.3 is 24.8 Å². The molecule has 0 aliphatic heterocycles. The molecule has 0 fully saturated rings. The first-order valence-corrected chi connectivity index (χ1v) is 11.2. The van der Waals surface area contributed by atoms with Gasteiger partial charge in [0.1, 0.15) is 5.75 Å². The lowest BCUT2D eigenvalue weighted by Crippen LogP contribution is -2.27. The van der Waals surface area contributed by atoms with E-state index in [9.17, 15) is 9.59 Å². The number of hydrogen-bond acceptors (Lipinski definition) is 5. The maximum absolute atomic E-state index is 12.5.